The van der Waals surface area contributed by atoms with Crippen molar-refractivity contribution in [3.05, 3.63) is 65.5 Å². The number of nitrogens with one attached hydrogen (secondary N) is 1. The van der Waals surface area contributed by atoms with Gasteiger partial charge in [-0.25, -0.2) is 4.39 Å². The summed E-state index contributed by atoms with van der Waals surface area (Å²) >= 11 is 0. The van der Waals surface area contributed by atoms with Gasteiger partial charge in [0.25, 0.3) is 5.91 Å². The topological polar surface area (TPSA) is 38.3 Å². The monoisotopic (exact) mass is 329 g/mol. The van der Waals surface area contributed by atoms with Gasteiger partial charge in [-0.15, -0.1) is 0 Å². The van der Waals surface area contributed by atoms with Gasteiger partial charge in [-0.3, -0.25) is 4.79 Å². The maximum absolute atomic E-state index is 13.6. The molecule has 2 aromatic carbocycles. The highest BCUT2D eigenvalue weighted by molar-refractivity contribution is 5.80. The molecule has 0 aliphatic carbocycles. The summed E-state index contributed by atoms with van der Waals surface area (Å²) in [4.78, 5) is 12.2. The Labute approximate surface area is 142 Å². The van der Waals surface area contributed by atoms with Crippen LogP contribution >= 0.6 is 0 Å². The van der Waals surface area contributed by atoms with Crippen LogP contribution in [0.2, 0.25) is 0 Å². The van der Waals surface area contributed by atoms with Crippen LogP contribution in [0.25, 0.3) is 0 Å². The van der Waals surface area contributed by atoms with Crippen LogP contribution in [0, 0.1) is 5.82 Å². The fraction of sp³-hybridized carbons (Fsp3) is 0.350. The van der Waals surface area contributed by atoms with Crippen molar-refractivity contribution in [1.29, 1.82) is 0 Å². The van der Waals surface area contributed by atoms with E-state index in [1.165, 1.54) is 6.07 Å². The highest BCUT2D eigenvalue weighted by atomic mass is 19.1. The first-order valence-corrected chi connectivity index (χ1v) is 8.05. The standard InChI is InChI=1S/C20H24FNO2/c1-14(19(23)22-13-15-8-5-6-11-18(15)21)24-17-10-7-9-16(12-17)20(2,3)4/h5-12,14H,13H2,1-4H3,(H,22,23). The Balaban J connectivity index is 1.96. The fourth-order valence-corrected chi connectivity index (χ4v) is 2.26. The zero-order valence-electron chi connectivity index (χ0n) is 14.6. The predicted octanol–water partition coefficient (Wildman–Crippen LogP) is 4.21. The SMILES string of the molecule is CC(Oc1cccc(C(C)(C)C)c1)C(=O)NCc1ccccc1F. The van der Waals surface area contributed by atoms with Crippen molar-refractivity contribution in [1.82, 2.24) is 5.32 Å². The number of hydrogen-bond donors (Lipinski definition) is 1. The summed E-state index contributed by atoms with van der Waals surface area (Å²) in [6.45, 7) is 8.19. The van der Waals surface area contributed by atoms with E-state index in [0.717, 1.165) is 5.56 Å². The molecule has 128 valence electrons. The van der Waals surface area contributed by atoms with Crippen LogP contribution in [0.4, 0.5) is 4.39 Å². The zero-order valence-corrected chi connectivity index (χ0v) is 14.6. The number of benzene rings is 2. The number of carbonyl (C=O) groups excluding carboxylic acids is 1. The Morgan fingerprint density at radius 2 is 1.88 bits per heavy atom. The molecule has 1 N–H and O–H groups in total. The minimum Gasteiger partial charge on any atom is -0.481 e. The van der Waals surface area contributed by atoms with Crippen molar-refractivity contribution >= 4 is 5.91 Å². The normalized spacial score (nSPS) is 12.5. The Bertz CT molecular complexity index is 707. The lowest BCUT2D eigenvalue weighted by molar-refractivity contribution is -0.127. The van der Waals surface area contributed by atoms with Crippen molar-refractivity contribution in [3.63, 3.8) is 0 Å². The number of halogens is 1. The molecule has 3 nitrogen and oxygen atoms in total. The average molecular weight is 329 g/mol. The fourth-order valence-electron chi connectivity index (χ4n) is 2.26. The minimum atomic E-state index is -0.660. The molecule has 0 aliphatic rings. The number of carbonyl (C=O) groups is 1. The van der Waals surface area contributed by atoms with Crippen LogP contribution in [0.1, 0.15) is 38.8 Å². The molecule has 2 aromatic rings. The van der Waals surface area contributed by atoms with Crippen LogP contribution in [0.3, 0.4) is 0 Å². The smallest absolute Gasteiger partial charge is 0.261 e. The van der Waals surface area contributed by atoms with Crippen LogP contribution in [-0.4, -0.2) is 12.0 Å². The van der Waals surface area contributed by atoms with Crippen molar-refractivity contribution < 1.29 is 13.9 Å². The summed E-state index contributed by atoms with van der Waals surface area (Å²) in [7, 11) is 0. The zero-order chi connectivity index (χ0) is 17.7. The molecule has 1 unspecified atom stereocenters. The predicted molar refractivity (Wildman–Crippen MR) is 93.5 cm³/mol. The molecular weight excluding hydrogens is 305 g/mol. The quantitative estimate of drug-likeness (QED) is 0.892. The van der Waals surface area contributed by atoms with E-state index < -0.39 is 6.10 Å². The molecule has 0 fully saturated rings. The molecule has 1 amide bonds. The molecule has 0 saturated heterocycles. The average Bonchev–Trinajstić information content (AvgIpc) is 2.53. The summed E-state index contributed by atoms with van der Waals surface area (Å²) in [6, 6.07) is 14.1. The van der Waals surface area contributed by atoms with Gasteiger partial charge in [0.1, 0.15) is 11.6 Å². The first-order chi connectivity index (χ1) is 11.3. The molecule has 0 aromatic heterocycles. The molecule has 0 spiro atoms. The molecule has 0 bridgehead atoms. The molecular formula is C20H24FNO2. The second-order valence-electron chi connectivity index (χ2n) is 6.85. The van der Waals surface area contributed by atoms with Gasteiger partial charge in [0.15, 0.2) is 6.10 Å². The Morgan fingerprint density at radius 1 is 1.17 bits per heavy atom. The van der Waals surface area contributed by atoms with E-state index >= 15 is 0 Å². The maximum Gasteiger partial charge on any atom is 0.261 e. The second kappa shape index (κ2) is 7.47. The van der Waals surface area contributed by atoms with Crippen LogP contribution in [-0.2, 0) is 16.8 Å². The van der Waals surface area contributed by atoms with Gasteiger partial charge in [-0.05, 0) is 36.1 Å². The summed E-state index contributed by atoms with van der Waals surface area (Å²) in [5, 5.41) is 2.70. The Kier molecular flexibility index (Phi) is 5.60. The van der Waals surface area contributed by atoms with Gasteiger partial charge in [0.05, 0.1) is 0 Å². The summed E-state index contributed by atoms with van der Waals surface area (Å²) in [5.74, 6) is 0.0413. The van der Waals surface area contributed by atoms with Gasteiger partial charge >= 0.3 is 0 Å². The summed E-state index contributed by atoms with van der Waals surface area (Å²) < 4.78 is 19.3. The second-order valence-corrected chi connectivity index (χ2v) is 6.85. The number of ether oxygens (including phenoxy) is 1. The maximum atomic E-state index is 13.6. The lowest BCUT2D eigenvalue weighted by Gasteiger charge is -2.21. The largest absolute Gasteiger partial charge is 0.481 e. The third-order valence-corrected chi connectivity index (χ3v) is 3.79. The van der Waals surface area contributed by atoms with E-state index in [0.29, 0.717) is 11.3 Å². The Hall–Kier alpha value is -2.36. The Morgan fingerprint density at radius 3 is 2.54 bits per heavy atom. The number of hydrogen-bond acceptors (Lipinski definition) is 2. The molecule has 0 radical (unpaired) electrons. The summed E-state index contributed by atoms with van der Waals surface area (Å²) in [5.41, 5.74) is 1.60. The van der Waals surface area contributed by atoms with E-state index in [1.807, 2.05) is 24.3 Å². The molecule has 24 heavy (non-hydrogen) atoms. The van der Waals surface area contributed by atoms with Gasteiger partial charge in [0.2, 0.25) is 0 Å². The minimum absolute atomic E-state index is 0.00963. The molecule has 0 heterocycles. The molecule has 0 aliphatic heterocycles. The van der Waals surface area contributed by atoms with E-state index in [1.54, 1.807) is 25.1 Å². The van der Waals surface area contributed by atoms with Gasteiger partial charge in [-0.1, -0.05) is 51.1 Å². The lowest BCUT2D eigenvalue weighted by atomic mass is 9.87. The van der Waals surface area contributed by atoms with E-state index in [4.69, 9.17) is 4.74 Å². The van der Waals surface area contributed by atoms with Gasteiger partial charge in [0, 0.05) is 12.1 Å². The van der Waals surface area contributed by atoms with E-state index in [2.05, 4.69) is 26.1 Å². The highest BCUT2D eigenvalue weighted by Crippen LogP contribution is 2.26. The van der Waals surface area contributed by atoms with Gasteiger partial charge in [-0.2, -0.15) is 0 Å². The van der Waals surface area contributed by atoms with E-state index in [9.17, 15) is 9.18 Å². The van der Waals surface area contributed by atoms with Crippen molar-refractivity contribution in [3.8, 4) is 5.75 Å². The highest BCUT2D eigenvalue weighted by Gasteiger charge is 2.17. The lowest BCUT2D eigenvalue weighted by Crippen LogP contribution is -2.36. The van der Waals surface area contributed by atoms with E-state index in [-0.39, 0.29) is 23.7 Å². The first-order valence-electron chi connectivity index (χ1n) is 8.05. The first kappa shape index (κ1) is 18.0. The van der Waals surface area contributed by atoms with Crippen LogP contribution < -0.4 is 10.1 Å². The third-order valence-electron chi connectivity index (χ3n) is 3.79. The number of rotatable bonds is 5. The van der Waals surface area contributed by atoms with Crippen molar-refractivity contribution in [2.45, 2.75) is 45.8 Å². The third kappa shape index (κ3) is 4.82. The molecule has 0 saturated carbocycles. The molecule has 4 heteroatoms. The number of amides is 1. The molecule has 1 atom stereocenters. The van der Waals surface area contributed by atoms with Crippen molar-refractivity contribution in [2.75, 3.05) is 0 Å². The van der Waals surface area contributed by atoms with Crippen molar-refractivity contribution in [2.24, 2.45) is 0 Å². The van der Waals surface area contributed by atoms with Crippen LogP contribution in [0.15, 0.2) is 48.5 Å². The van der Waals surface area contributed by atoms with Gasteiger partial charge < -0.3 is 10.1 Å². The molecule has 2 rings (SSSR count). The van der Waals surface area contributed by atoms with Crippen LogP contribution in [0.5, 0.6) is 5.75 Å². The summed E-state index contributed by atoms with van der Waals surface area (Å²) in [6.07, 6.45) is -0.660.